The Morgan fingerprint density at radius 1 is 1.26 bits per heavy atom. The maximum atomic E-state index is 12.5. The number of amides is 1. The summed E-state index contributed by atoms with van der Waals surface area (Å²) < 4.78 is 1.10. The van der Waals surface area contributed by atoms with Crippen LogP contribution in [0.5, 0.6) is 0 Å². The summed E-state index contributed by atoms with van der Waals surface area (Å²) in [6.45, 7) is 3.78. The van der Waals surface area contributed by atoms with Gasteiger partial charge in [-0.1, -0.05) is 23.7 Å². The first kappa shape index (κ1) is 12.9. The molecule has 4 heteroatoms. The molecule has 1 fully saturated rings. The third-order valence-corrected chi connectivity index (χ3v) is 5.27. The van der Waals surface area contributed by atoms with Crippen molar-refractivity contribution in [1.82, 2.24) is 4.90 Å². The van der Waals surface area contributed by atoms with Gasteiger partial charge in [-0.25, -0.2) is 0 Å². The molecule has 1 saturated heterocycles. The lowest BCUT2D eigenvalue weighted by Gasteiger charge is -2.26. The van der Waals surface area contributed by atoms with Crippen molar-refractivity contribution < 1.29 is 4.79 Å². The second kappa shape index (κ2) is 5.14. The number of carbonyl (C=O) groups is 1. The number of nitrogens with zero attached hydrogens (tertiary/aromatic N) is 1. The number of hydrogen-bond acceptors (Lipinski definition) is 2. The van der Waals surface area contributed by atoms with E-state index in [9.17, 15) is 4.79 Å². The first-order valence-corrected chi connectivity index (χ1v) is 7.84. The van der Waals surface area contributed by atoms with E-state index >= 15 is 0 Å². The Kier molecular flexibility index (Phi) is 3.50. The minimum atomic E-state index is 0.101. The molecule has 1 aromatic carbocycles. The first-order valence-electron chi connectivity index (χ1n) is 6.65. The maximum absolute atomic E-state index is 12.5. The Morgan fingerprint density at radius 2 is 2.00 bits per heavy atom. The average molecular weight is 294 g/mol. The molecule has 0 spiro atoms. The molecule has 0 unspecified atom stereocenters. The summed E-state index contributed by atoms with van der Waals surface area (Å²) in [5, 5.41) is 1.62. The summed E-state index contributed by atoms with van der Waals surface area (Å²) >= 11 is 7.90. The maximum Gasteiger partial charge on any atom is 0.265 e. The number of likely N-dealkylation sites (tertiary alicyclic amines) is 1. The van der Waals surface area contributed by atoms with E-state index in [0.29, 0.717) is 9.90 Å². The SMILES string of the molecule is Cc1ccc2c(Cl)c(C(=O)N3CCCCC3)sc2c1. The highest BCUT2D eigenvalue weighted by Gasteiger charge is 2.23. The normalized spacial score (nSPS) is 16.0. The summed E-state index contributed by atoms with van der Waals surface area (Å²) in [6.07, 6.45) is 3.43. The minimum Gasteiger partial charge on any atom is -0.338 e. The van der Waals surface area contributed by atoms with E-state index in [-0.39, 0.29) is 5.91 Å². The summed E-state index contributed by atoms with van der Waals surface area (Å²) in [7, 11) is 0. The van der Waals surface area contributed by atoms with Gasteiger partial charge in [-0.2, -0.15) is 0 Å². The predicted molar refractivity (Wildman–Crippen MR) is 81.3 cm³/mol. The third-order valence-electron chi connectivity index (χ3n) is 3.62. The van der Waals surface area contributed by atoms with Crippen molar-refractivity contribution in [1.29, 1.82) is 0 Å². The molecule has 1 aliphatic rings. The highest BCUT2D eigenvalue weighted by Crippen LogP contribution is 2.36. The van der Waals surface area contributed by atoms with Crippen LogP contribution in [-0.4, -0.2) is 23.9 Å². The van der Waals surface area contributed by atoms with Gasteiger partial charge in [-0.15, -0.1) is 11.3 Å². The molecule has 0 aliphatic carbocycles. The van der Waals surface area contributed by atoms with Crippen molar-refractivity contribution in [3.05, 3.63) is 33.7 Å². The molecule has 0 bridgehead atoms. The zero-order chi connectivity index (χ0) is 13.4. The first-order chi connectivity index (χ1) is 9.16. The summed E-state index contributed by atoms with van der Waals surface area (Å²) in [5.41, 5.74) is 1.20. The average Bonchev–Trinajstić information content (AvgIpc) is 2.75. The third kappa shape index (κ3) is 2.37. The van der Waals surface area contributed by atoms with Crippen LogP contribution in [-0.2, 0) is 0 Å². The summed E-state index contributed by atoms with van der Waals surface area (Å²) in [5.74, 6) is 0.101. The van der Waals surface area contributed by atoms with E-state index < -0.39 is 0 Å². The van der Waals surface area contributed by atoms with Gasteiger partial charge in [-0.05, 0) is 37.8 Å². The Hall–Kier alpha value is -1.06. The van der Waals surface area contributed by atoms with E-state index in [1.54, 1.807) is 0 Å². The van der Waals surface area contributed by atoms with Gasteiger partial charge in [0, 0.05) is 23.2 Å². The van der Waals surface area contributed by atoms with Crippen molar-refractivity contribution in [2.75, 3.05) is 13.1 Å². The molecular formula is C15H16ClNOS. The van der Waals surface area contributed by atoms with Crippen LogP contribution < -0.4 is 0 Å². The van der Waals surface area contributed by atoms with Gasteiger partial charge in [0.2, 0.25) is 0 Å². The predicted octanol–water partition coefficient (Wildman–Crippen LogP) is 4.49. The fourth-order valence-electron chi connectivity index (χ4n) is 2.55. The number of halogens is 1. The smallest absolute Gasteiger partial charge is 0.265 e. The van der Waals surface area contributed by atoms with Gasteiger partial charge in [0.1, 0.15) is 4.88 Å². The van der Waals surface area contributed by atoms with E-state index in [4.69, 9.17) is 11.6 Å². The van der Waals surface area contributed by atoms with Crippen LogP contribution in [0.2, 0.25) is 5.02 Å². The molecule has 0 radical (unpaired) electrons. The molecule has 1 aliphatic heterocycles. The zero-order valence-corrected chi connectivity index (χ0v) is 12.5. The monoisotopic (exact) mass is 293 g/mol. The number of piperidine rings is 1. The molecule has 3 rings (SSSR count). The Bertz CT molecular complexity index is 628. The number of carbonyl (C=O) groups excluding carboxylic acids is 1. The van der Waals surface area contributed by atoms with Crippen molar-refractivity contribution in [2.24, 2.45) is 0 Å². The van der Waals surface area contributed by atoms with Gasteiger partial charge < -0.3 is 4.90 Å². The molecule has 1 amide bonds. The lowest BCUT2D eigenvalue weighted by molar-refractivity contribution is 0.0729. The number of aryl methyl sites for hydroxylation is 1. The number of fused-ring (bicyclic) bond motifs is 1. The van der Waals surface area contributed by atoms with Crippen LogP contribution in [0.25, 0.3) is 10.1 Å². The van der Waals surface area contributed by atoms with Crippen molar-refractivity contribution in [3.63, 3.8) is 0 Å². The summed E-state index contributed by atoms with van der Waals surface area (Å²) in [6, 6.07) is 6.14. The van der Waals surface area contributed by atoms with Gasteiger partial charge >= 0.3 is 0 Å². The van der Waals surface area contributed by atoms with Crippen LogP contribution in [0.3, 0.4) is 0 Å². The van der Waals surface area contributed by atoms with Crippen LogP contribution in [0.1, 0.15) is 34.5 Å². The number of rotatable bonds is 1. The Labute approximate surface area is 122 Å². The molecule has 19 heavy (non-hydrogen) atoms. The second-order valence-electron chi connectivity index (χ2n) is 5.10. The lowest BCUT2D eigenvalue weighted by atomic mass is 10.1. The minimum absolute atomic E-state index is 0.101. The van der Waals surface area contributed by atoms with Crippen LogP contribution in [0, 0.1) is 6.92 Å². The Balaban J connectivity index is 2.00. The van der Waals surface area contributed by atoms with Gasteiger partial charge in [-0.3, -0.25) is 4.79 Å². The van der Waals surface area contributed by atoms with E-state index in [1.165, 1.54) is 23.3 Å². The number of thiophene rings is 1. The quantitative estimate of drug-likeness (QED) is 0.758. The van der Waals surface area contributed by atoms with E-state index in [2.05, 4.69) is 13.0 Å². The van der Waals surface area contributed by atoms with E-state index in [0.717, 1.165) is 36.0 Å². The zero-order valence-electron chi connectivity index (χ0n) is 10.9. The molecule has 1 aromatic heterocycles. The molecule has 100 valence electrons. The van der Waals surface area contributed by atoms with Crippen molar-refractivity contribution >= 4 is 38.9 Å². The van der Waals surface area contributed by atoms with Crippen LogP contribution >= 0.6 is 22.9 Å². The van der Waals surface area contributed by atoms with Crippen molar-refractivity contribution in [3.8, 4) is 0 Å². The van der Waals surface area contributed by atoms with Gasteiger partial charge in [0.25, 0.3) is 5.91 Å². The summed E-state index contributed by atoms with van der Waals surface area (Å²) in [4.78, 5) is 15.2. The lowest BCUT2D eigenvalue weighted by Crippen LogP contribution is -2.35. The van der Waals surface area contributed by atoms with Crippen LogP contribution in [0.15, 0.2) is 18.2 Å². The number of benzene rings is 1. The fourth-order valence-corrected chi connectivity index (χ4v) is 4.13. The Morgan fingerprint density at radius 3 is 2.74 bits per heavy atom. The highest BCUT2D eigenvalue weighted by atomic mass is 35.5. The second-order valence-corrected chi connectivity index (χ2v) is 6.53. The molecule has 0 N–H and O–H groups in total. The molecule has 0 saturated carbocycles. The molecule has 2 aromatic rings. The van der Waals surface area contributed by atoms with Crippen LogP contribution in [0.4, 0.5) is 0 Å². The molecule has 2 nitrogen and oxygen atoms in total. The van der Waals surface area contributed by atoms with Gasteiger partial charge in [0.05, 0.1) is 5.02 Å². The topological polar surface area (TPSA) is 20.3 Å². The molecular weight excluding hydrogens is 278 g/mol. The standard InChI is InChI=1S/C15H16ClNOS/c1-10-5-6-11-12(9-10)19-14(13(11)16)15(18)17-7-3-2-4-8-17/h5-6,9H,2-4,7-8H2,1H3. The highest BCUT2D eigenvalue weighted by molar-refractivity contribution is 7.21. The van der Waals surface area contributed by atoms with E-state index in [1.807, 2.05) is 17.0 Å². The largest absolute Gasteiger partial charge is 0.338 e. The number of hydrogen-bond donors (Lipinski definition) is 0. The molecule has 0 atom stereocenters. The fraction of sp³-hybridized carbons (Fsp3) is 0.400. The van der Waals surface area contributed by atoms with Crippen molar-refractivity contribution in [2.45, 2.75) is 26.2 Å². The van der Waals surface area contributed by atoms with Gasteiger partial charge in [0.15, 0.2) is 0 Å². The molecule has 2 heterocycles.